The summed E-state index contributed by atoms with van der Waals surface area (Å²) in [5.41, 5.74) is 6.16. The first-order valence-corrected chi connectivity index (χ1v) is 11.1. The third kappa shape index (κ3) is 4.55. The fourth-order valence-corrected chi connectivity index (χ4v) is 4.27. The number of amides is 1. The summed E-state index contributed by atoms with van der Waals surface area (Å²) in [6.07, 6.45) is 1.86. The summed E-state index contributed by atoms with van der Waals surface area (Å²) in [5, 5.41) is 4.57. The lowest BCUT2D eigenvalue weighted by molar-refractivity contribution is 0.0701. The molecule has 0 atom stereocenters. The molecule has 3 aromatic rings. The fourth-order valence-electron chi connectivity index (χ4n) is 4.27. The SMILES string of the molecule is Cc1cc(-c2ccccc2)cc(C2CCN(C(=O)c3cc(C(C)(C)C)nn3C)CC2)n1. The molecule has 1 aliphatic heterocycles. The Morgan fingerprint density at radius 1 is 1.00 bits per heavy atom. The van der Waals surface area contributed by atoms with Crippen LogP contribution in [0.15, 0.2) is 48.5 Å². The maximum atomic E-state index is 13.1. The molecule has 1 aromatic carbocycles. The van der Waals surface area contributed by atoms with Crippen molar-refractivity contribution >= 4 is 5.91 Å². The largest absolute Gasteiger partial charge is 0.337 e. The quantitative estimate of drug-likeness (QED) is 0.596. The normalized spacial score (nSPS) is 15.3. The highest BCUT2D eigenvalue weighted by atomic mass is 16.2. The van der Waals surface area contributed by atoms with Crippen molar-refractivity contribution in [2.24, 2.45) is 7.05 Å². The lowest BCUT2D eigenvalue weighted by Crippen LogP contribution is -2.38. The number of nitrogens with zero attached hydrogens (tertiary/aromatic N) is 4. The van der Waals surface area contributed by atoms with Crippen molar-refractivity contribution < 1.29 is 4.79 Å². The van der Waals surface area contributed by atoms with Crippen LogP contribution in [0.25, 0.3) is 11.1 Å². The number of rotatable bonds is 3. The molecule has 1 saturated heterocycles. The highest BCUT2D eigenvalue weighted by molar-refractivity contribution is 5.92. The summed E-state index contributed by atoms with van der Waals surface area (Å²) in [6, 6.07) is 16.8. The van der Waals surface area contributed by atoms with Crippen molar-refractivity contribution in [1.29, 1.82) is 0 Å². The second kappa shape index (κ2) is 8.29. The van der Waals surface area contributed by atoms with E-state index in [9.17, 15) is 4.79 Å². The minimum Gasteiger partial charge on any atom is -0.337 e. The number of pyridine rings is 1. The molecule has 4 rings (SSSR count). The molecular formula is C26H32N4O. The minimum absolute atomic E-state index is 0.0728. The molecule has 0 bridgehead atoms. The van der Waals surface area contributed by atoms with E-state index in [0.29, 0.717) is 11.6 Å². The standard InChI is InChI=1S/C26H32N4O/c1-18-15-21(19-9-7-6-8-10-19)16-22(27-18)20-11-13-30(14-12-20)25(31)23-17-24(26(2,3)4)28-29(23)5/h6-10,15-17,20H,11-14H2,1-5H3. The molecule has 5 nitrogen and oxygen atoms in total. The van der Waals surface area contributed by atoms with Gasteiger partial charge in [0.2, 0.25) is 0 Å². The number of aryl methyl sites for hydroxylation is 2. The van der Waals surface area contributed by atoms with Gasteiger partial charge < -0.3 is 4.90 Å². The molecule has 3 heterocycles. The van der Waals surface area contributed by atoms with Crippen molar-refractivity contribution in [2.75, 3.05) is 13.1 Å². The number of likely N-dealkylation sites (tertiary alicyclic amines) is 1. The van der Waals surface area contributed by atoms with Crippen LogP contribution in [0.2, 0.25) is 0 Å². The maximum Gasteiger partial charge on any atom is 0.272 e. The molecule has 0 radical (unpaired) electrons. The van der Waals surface area contributed by atoms with Gasteiger partial charge in [0.25, 0.3) is 5.91 Å². The van der Waals surface area contributed by atoms with Gasteiger partial charge in [-0.3, -0.25) is 14.5 Å². The fraction of sp³-hybridized carbons (Fsp3) is 0.423. The van der Waals surface area contributed by atoms with Crippen LogP contribution >= 0.6 is 0 Å². The molecule has 31 heavy (non-hydrogen) atoms. The van der Waals surface area contributed by atoms with Gasteiger partial charge in [-0.25, -0.2) is 0 Å². The number of hydrogen-bond donors (Lipinski definition) is 0. The summed E-state index contributed by atoms with van der Waals surface area (Å²) in [4.78, 5) is 20.0. The zero-order chi connectivity index (χ0) is 22.2. The average molecular weight is 417 g/mol. The summed E-state index contributed by atoms with van der Waals surface area (Å²) in [7, 11) is 1.86. The van der Waals surface area contributed by atoms with E-state index in [-0.39, 0.29) is 11.3 Å². The third-order valence-electron chi connectivity index (χ3n) is 6.15. The number of hydrogen-bond acceptors (Lipinski definition) is 3. The highest BCUT2D eigenvalue weighted by Gasteiger charge is 2.29. The van der Waals surface area contributed by atoms with Crippen LogP contribution in [0.5, 0.6) is 0 Å². The molecule has 2 aromatic heterocycles. The van der Waals surface area contributed by atoms with E-state index in [2.05, 4.69) is 69.2 Å². The second-order valence-electron chi connectivity index (χ2n) is 9.64. The van der Waals surface area contributed by atoms with Crippen molar-refractivity contribution in [1.82, 2.24) is 19.7 Å². The van der Waals surface area contributed by atoms with Crippen LogP contribution in [0.3, 0.4) is 0 Å². The first-order chi connectivity index (χ1) is 14.7. The highest BCUT2D eigenvalue weighted by Crippen LogP contribution is 2.31. The van der Waals surface area contributed by atoms with E-state index in [0.717, 1.165) is 43.0 Å². The Morgan fingerprint density at radius 2 is 1.68 bits per heavy atom. The molecule has 0 aliphatic carbocycles. The van der Waals surface area contributed by atoms with Crippen molar-refractivity contribution in [3.8, 4) is 11.1 Å². The van der Waals surface area contributed by atoms with Crippen LogP contribution in [0.1, 0.15) is 67.1 Å². The van der Waals surface area contributed by atoms with Crippen molar-refractivity contribution in [3.63, 3.8) is 0 Å². The van der Waals surface area contributed by atoms with Crippen LogP contribution < -0.4 is 0 Å². The molecule has 0 spiro atoms. The summed E-state index contributed by atoms with van der Waals surface area (Å²) < 4.78 is 1.73. The van der Waals surface area contributed by atoms with Gasteiger partial charge in [0.05, 0.1) is 5.69 Å². The van der Waals surface area contributed by atoms with Crippen molar-refractivity contribution in [3.05, 3.63) is 71.3 Å². The lowest BCUT2D eigenvalue weighted by atomic mass is 9.90. The number of aromatic nitrogens is 3. The van der Waals surface area contributed by atoms with Gasteiger partial charge >= 0.3 is 0 Å². The Bertz CT molecular complexity index is 1070. The van der Waals surface area contributed by atoms with Gasteiger partial charge in [0.1, 0.15) is 5.69 Å². The Kier molecular flexibility index (Phi) is 5.69. The van der Waals surface area contributed by atoms with Gasteiger partial charge in [0, 0.05) is 42.9 Å². The summed E-state index contributed by atoms with van der Waals surface area (Å²) in [5.74, 6) is 0.453. The molecule has 1 fully saturated rings. The molecule has 1 aliphatic rings. The first kappa shape index (κ1) is 21.3. The van der Waals surface area contributed by atoms with E-state index in [4.69, 9.17) is 4.98 Å². The number of piperidine rings is 1. The zero-order valence-electron chi connectivity index (χ0n) is 19.2. The van der Waals surface area contributed by atoms with E-state index in [1.807, 2.05) is 24.1 Å². The van der Waals surface area contributed by atoms with Crippen LogP contribution in [-0.2, 0) is 12.5 Å². The summed E-state index contributed by atoms with van der Waals surface area (Å²) >= 11 is 0. The first-order valence-electron chi connectivity index (χ1n) is 11.1. The van der Waals surface area contributed by atoms with E-state index in [1.54, 1.807) is 4.68 Å². The zero-order valence-corrected chi connectivity index (χ0v) is 19.2. The van der Waals surface area contributed by atoms with Crippen LogP contribution in [0, 0.1) is 6.92 Å². The van der Waals surface area contributed by atoms with Gasteiger partial charge in [0.15, 0.2) is 0 Å². The van der Waals surface area contributed by atoms with Gasteiger partial charge in [-0.1, -0.05) is 51.1 Å². The molecule has 0 unspecified atom stereocenters. The predicted octanol–water partition coefficient (Wildman–Crippen LogP) is 5.11. The van der Waals surface area contributed by atoms with Gasteiger partial charge in [-0.15, -0.1) is 0 Å². The van der Waals surface area contributed by atoms with Crippen molar-refractivity contribution in [2.45, 2.75) is 51.9 Å². The third-order valence-corrected chi connectivity index (χ3v) is 6.15. The Hall–Kier alpha value is -2.95. The van der Waals surface area contributed by atoms with Gasteiger partial charge in [-0.2, -0.15) is 5.10 Å². The second-order valence-corrected chi connectivity index (χ2v) is 9.64. The average Bonchev–Trinajstić information content (AvgIpc) is 3.16. The number of benzene rings is 1. The summed E-state index contributed by atoms with van der Waals surface area (Å²) in [6.45, 7) is 9.91. The van der Waals surface area contributed by atoms with Gasteiger partial charge in [-0.05, 0) is 49.1 Å². The van der Waals surface area contributed by atoms with Crippen LogP contribution in [-0.4, -0.2) is 38.7 Å². The Balaban J connectivity index is 1.48. The molecule has 0 N–H and O–H groups in total. The minimum atomic E-state index is -0.0728. The molecule has 1 amide bonds. The maximum absolute atomic E-state index is 13.1. The predicted molar refractivity (Wildman–Crippen MR) is 124 cm³/mol. The number of carbonyl (C=O) groups is 1. The van der Waals surface area contributed by atoms with E-state index in [1.165, 1.54) is 11.1 Å². The Morgan fingerprint density at radius 3 is 2.29 bits per heavy atom. The van der Waals surface area contributed by atoms with Crippen LogP contribution in [0.4, 0.5) is 0 Å². The molecule has 162 valence electrons. The smallest absolute Gasteiger partial charge is 0.272 e. The topological polar surface area (TPSA) is 51.0 Å². The molecule has 5 heteroatoms. The number of carbonyl (C=O) groups excluding carboxylic acids is 1. The molecular weight excluding hydrogens is 384 g/mol. The lowest BCUT2D eigenvalue weighted by Gasteiger charge is -2.32. The monoisotopic (exact) mass is 416 g/mol. The Labute approximate surface area is 185 Å². The van der Waals surface area contributed by atoms with E-state index >= 15 is 0 Å². The van der Waals surface area contributed by atoms with E-state index < -0.39 is 0 Å². The molecule has 0 saturated carbocycles.